The van der Waals surface area contributed by atoms with Crippen LogP contribution in [0.2, 0.25) is 0 Å². The number of aliphatic carboxylic acids is 1. The molecule has 0 radical (unpaired) electrons. The van der Waals surface area contributed by atoms with Crippen molar-refractivity contribution in [1.29, 1.82) is 0 Å². The minimum absolute atomic E-state index is 0.0159. The van der Waals surface area contributed by atoms with Crippen LogP contribution in [0.4, 0.5) is 0 Å². The lowest BCUT2D eigenvalue weighted by molar-refractivity contribution is -0.889. The molecule has 0 aromatic heterocycles. The summed E-state index contributed by atoms with van der Waals surface area (Å²) in [6, 6.07) is -0.733. The molecule has 2 atom stereocenters. The molecule has 0 saturated carbocycles. The molecule has 0 heterocycles. The summed E-state index contributed by atoms with van der Waals surface area (Å²) in [7, 11) is 5.37. The lowest BCUT2D eigenvalue weighted by atomic mass is 10.1. The maximum absolute atomic E-state index is 12.6. The fourth-order valence-electron chi connectivity index (χ4n) is 5.22. The molecule has 0 rings (SSSR count). The van der Waals surface area contributed by atoms with E-state index < -0.39 is 18.1 Å². The number of quaternary nitrogens is 1. The fourth-order valence-corrected chi connectivity index (χ4v) is 5.22. The van der Waals surface area contributed by atoms with Gasteiger partial charge in [0.25, 0.3) is 0 Å². The van der Waals surface area contributed by atoms with Crippen molar-refractivity contribution < 1.29 is 38.2 Å². The van der Waals surface area contributed by atoms with Gasteiger partial charge in [-0.1, -0.05) is 115 Å². The summed E-state index contributed by atoms with van der Waals surface area (Å²) in [5, 5.41) is 11.6. The molecule has 0 aliphatic heterocycles. The van der Waals surface area contributed by atoms with Crippen molar-refractivity contribution in [3.05, 3.63) is 36.5 Å². The normalized spacial score (nSPS) is 13.4. The number of nitrogens with zero attached hydrogens (tertiary/aromatic N) is 1. The molecule has 0 aromatic rings. The van der Waals surface area contributed by atoms with E-state index in [1.807, 2.05) is 6.08 Å². The second kappa shape index (κ2) is 31.8. The van der Waals surface area contributed by atoms with Crippen LogP contribution in [-0.2, 0) is 28.6 Å². The van der Waals surface area contributed by atoms with E-state index in [0.717, 1.165) is 44.9 Å². The molecule has 8 heteroatoms. The Bertz CT molecular complexity index is 891. The van der Waals surface area contributed by atoms with Crippen LogP contribution in [0, 0.1) is 0 Å². The molecule has 0 spiro atoms. The summed E-state index contributed by atoms with van der Waals surface area (Å²) in [6.07, 6.45) is 33.3. The van der Waals surface area contributed by atoms with Gasteiger partial charge in [-0.15, -0.1) is 0 Å². The van der Waals surface area contributed by atoms with Crippen molar-refractivity contribution in [2.24, 2.45) is 0 Å². The van der Waals surface area contributed by atoms with Crippen molar-refractivity contribution in [1.82, 2.24) is 0 Å². The van der Waals surface area contributed by atoms with Gasteiger partial charge in [-0.25, -0.2) is 0 Å². The Balaban J connectivity index is 4.53. The number of hydrogen-bond acceptors (Lipinski definition) is 7. The third-order valence-electron chi connectivity index (χ3n) is 8.26. The molecule has 8 nitrogen and oxygen atoms in total. The highest BCUT2D eigenvalue weighted by atomic mass is 16.6. The van der Waals surface area contributed by atoms with E-state index in [1.54, 1.807) is 21.1 Å². The number of rotatable bonds is 33. The summed E-state index contributed by atoms with van der Waals surface area (Å²) in [5.74, 6) is -1.84. The number of likely N-dealkylation sites (N-methyl/N-ethyl adjacent to an activating group) is 1. The van der Waals surface area contributed by atoms with Crippen molar-refractivity contribution in [3.63, 3.8) is 0 Å². The van der Waals surface area contributed by atoms with E-state index in [4.69, 9.17) is 14.2 Å². The molecule has 0 fully saturated rings. The average Bonchev–Trinajstić information content (AvgIpc) is 3.03. The van der Waals surface area contributed by atoms with Crippen LogP contribution in [-0.4, -0.2) is 75.5 Å². The van der Waals surface area contributed by atoms with Crippen molar-refractivity contribution in [2.75, 3.05) is 41.0 Å². The molecule has 48 heavy (non-hydrogen) atoms. The van der Waals surface area contributed by atoms with Gasteiger partial charge < -0.3 is 28.6 Å². The number of carboxylic acid groups (broad SMARTS) is 1. The van der Waals surface area contributed by atoms with Crippen LogP contribution in [0.25, 0.3) is 0 Å². The highest BCUT2D eigenvalue weighted by Gasteiger charge is 2.25. The Morgan fingerprint density at radius 1 is 0.625 bits per heavy atom. The predicted molar refractivity (Wildman–Crippen MR) is 194 cm³/mol. The SMILES string of the molecule is CCCC/C=C/CCCCCCCC(=O)OCC(COCCC(C(=O)[O-])[N+](C)(C)C)OC(=O)CC/C=C/C/C=C/CCCCCCCC. The number of esters is 2. The van der Waals surface area contributed by atoms with Crippen molar-refractivity contribution in [2.45, 2.75) is 161 Å². The molecule has 0 bridgehead atoms. The average molecular weight is 678 g/mol. The summed E-state index contributed by atoms with van der Waals surface area (Å²) in [6.45, 7) is 4.52. The van der Waals surface area contributed by atoms with Crippen molar-refractivity contribution in [3.8, 4) is 0 Å². The van der Waals surface area contributed by atoms with E-state index >= 15 is 0 Å². The zero-order chi connectivity index (χ0) is 35.7. The third-order valence-corrected chi connectivity index (χ3v) is 8.26. The maximum Gasteiger partial charge on any atom is 0.306 e. The number of carboxylic acids is 1. The molecule has 0 amide bonds. The first-order valence-electron chi connectivity index (χ1n) is 19.0. The van der Waals surface area contributed by atoms with Gasteiger partial charge in [-0.05, 0) is 51.4 Å². The monoisotopic (exact) mass is 678 g/mol. The van der Waals surface area contributed by atoms with Crippen LogP contribution in [0.15, 0.2) is 36.5 Å². The summed E-state index contributed by atoms with van der Waals surface area (Å²) >= 11 is 0. The number of carbonyl (C=O) groups is 3. The number of unbranched alkanes of at least 4 members (excludes halogenated alkanes) is 13. The second-order valence-corrected chi connectivity index (χ2v) is 13.8. The number of allylic oxidation sites excluding steroid dienone is 6. The highest BCUT2D eigenvalue weighted by Crippen LogP contribution is 2.11. The molecule has 0 aliphatic rings. The molecular formula is C40H71NO7. The number of hydrogen-bond donors (Lipinski definition) is 0. The maximum atomic E-state index is 12.6. The standard InChI is InChI=1S/C40H71NO7/c1-6-8-10-12-14-16-18-19-21-23-25-27-29-31-39(43)48-36(34-46-33-32-37(40(44)45)41(3,4)5)35-47-38(42)30-28-26-24-22-20-17-15-13-11-9-7-2/h13,15,19,21,25,27,36-37H,6-12,14,16-18,20,22-24,26,28-35H2,1-5H3/b15-13+,21-19+,27-25+. The fraction of sp³-hybridized carbons (Fsp3) is 0.775. The van der Waals surface area contributed by atoms with Crippen molar-refractivity contribution >= 4 is 17.9 Å². The summed E-state index contributed by atoms with van der Waals surface area (Å²) < 4.78 is 17.0. The van der Waals surface area contributed by atoms with Crippen LogP contribution >= 0.6 is 0 Å². The van der Waals surface area contributed by atoms with Gasteiger partial charge >= 0.3 is 11.9 Å². The predicted octanol–water partition coefficient (Wildman–Crippen LogP) is 8.18. The third kappa shape index (κ3) is 29.7. The summed E-state index contributed by atoms with van der Waals surface area (Å²) in [4.78, 5) is 36.6. The van der Waals surface area contributed by atoms with Crippen LogP contribution in [0.3, 0.4) is 0 Å². The zero-order valence-electron chi connectivity index (χ0n) is 31.4. The van der Waals surface area contributed by atoms with E-state index in [1.165, 1.54) is 64.2 Å². The topological polar surface area (TPSA) is 102 Å². The second-order valence-electron chi connectivity index (χ2n) is 13.8. The Morgan fingerprint density at radius 2 is 1.17 bits per heavy atom. The Morgan fingerprint density at radius 3 is 1.77 bits per heavy atom. The summed E-state index contributed by atoms with van der Waals surface area (Å²) in [5.41, 5.74) is 0. The van der Waals surface area contributed by atoms with Gasteiger partial charge in [0.2, 0.25) is 0 Å². The van der Waals surface area contributed by atoms with Gasteiger partial charge in [-0.2, -0.15) is 0 Å². The number of carbonyl (C=O) groups excluding carboxylic acids is 3. The lowest BCUT2D eigenvalue weighted by Gasteiger charge is -2.34. The smallest absolute Gasteiger partial charge is 0.306 e. The lowest BCUT2D eigenvalue weighted by Crippen LogP contribution is -2.55. The van der Waals surface area contributed by atoms with E-state index in [0.29, 0.717) is 12.8 Å². The number of ether oxygens (including phenoxy) is 3. The molecule has 0 saturated heterocycles. The van der Waals surface area contributed by atoms with Gasteiger partial charge in [0.15, 0.2) is 6.10 Å². The Hall–Kier alpha value is -2.45. The Labute approximate surface area is 293 Å². The first kappa shape index (κ1) is 45.6. The van der Waals surface area contributed by atoms with Gasteiger partial charge in [0.1, 0.15) is 12.6 Å². The van der Waals surface area contributed by atoms with Crippen LogP contribution < -0.4 is 5.11 Å². The largest absolute Gasteiger partial charge is 0.544 e. The first-order chi connectivity index (χ1) is 23.1. The van der Waals surface area contributed by atoms with E-state index in [9.17, 15) is 19.5 Å². The van der Waals surface area contributed by atoms with E-state index in [-0.39, 0.29) is 49.1 Å². The van der Waals surface area contributed by atoms with Gasteiger partial charge in [-0.3, -0.25) is 9.59 Å². The van der Waals surface area contributed by atoms with Crippen LogP contribution in [0.1, 0.15) is 149 Å². The molecule has 0 N–H and O–H groups in total. The quantitative estimate of drug-likeness (QED) is 0.0299. The van der Waals surface area contributed by atoms with E-state index in [2.05, 4.69) is 44.2 Å². The molecule has 0 aromatic carbocycles. The molecular weight excluding hydrogens is 606 g/mol. The first-order valence-corrected chi connectivity index (χ1v) is 19.0. The molecule has 2 unspecified atom stereocenters. The zero-order valence-corrected chi connectivity index (χ0v) is 31.4. The minimum atomic E-state index is -1.14. The highest BCUT2D eigenvalue weighted by molar-refractivity contribution is 5.70. The van der Waals surface area contributed by atoms with Gasteiger partial charge in [0, 0.05) is 19.3 Å². The molecule has 0 aliphatic carbocycles. The van der Waals surface area contributed by atoms with Gasteiger partial charge in [0.05, 0.1) is 40.3 Å². The molecule has 278 valence electrons. The Kier molecular flexibility index (Phi) is 30.2. The minimum Gasteiger partial charge on any atom is -0.544 e. The van der Waals surface area contributed by atoms with Crippen LogP contribution in [0.5, 0.6) is 0 Å².